The van der Waals surface area contributed by atoms with Gasteiger partial charge in [0.2, 0.25) is 5.95 Å². The molecule has 0 amide bonds. The van der Waals surface area contributed by atoms with Crippen molar-refractivity contribution in [1.29, 1.82) is 0 Å². The topological polar surface area (TPSA) is 104 Å². The van der Waals surface area contributed by atoms with Crippen molar-refractivity contribution in [2.24, 2.45) is 0 Å². The normalized spacial score (nSPS) is 19.4. The van der Waals surface area contributed by atoms with Crippen LogP contribution in [0.1, 0.15) is 26.0 Å². The Labute approximate surface area is 220 Å². The molecule has 2 N–H and O–H groups in total. The van der Waals surface area contributed by atoms with Crippen LogP contribution in [0.3, 0.4) is 0 Å². The van der Waals surface area contributed by atoms with Gasteiger partial charge in [-0.3, -0.25) is 9.69 Å². The Morgan fingerprint density at radius 2 is 1.87 bits per heavy atom. The van der Waals surface area contributed by atoms with Gasteiger partial charge in [-0.2, -0.15) is 4.98 Å². The zero-order valence-electron chi connectivity index (χ0n) is 21.9. The third-order valence-electron chi connectivity index (χ3n) is 7.60. The van der Waals surface area contributed by atoms with E-state index in [9.17, 15) is 9.90 Å². The molecule has 2 bridgehead atoms. The first-order valence-corrected chi connectivity index (χ1v) is 12.9. The number of hydrogen-bond donors (Lipinski definition) is 2. The largest absolute Gasteiger partial charge is 0.384 e. The predicted octanol–water partition coefficient (Wildman–Crippen LogP) is 3.03. The molecular weight excluding hydrogens is 480 g/mol. The van der Waals surface area contributed by atoms with Gasteiger partial charge >= 0.3 is 0 Å². The van der Waals surface area contributed by atoms with E-state index in [4.69, 9.17) is 4.98 Å². The van der Waals surface area contributed by atoms with Crippen LogP contribution in [0, 0.1) is 0 Å². The number of likely N-dealkylation sites (N-methyl/N-ethyl adjacent to an activating group) is 1. The minimum absolute atomic E-state index is 0.239. The summed E-state index contributed by atoms with van der Waals surface area (Å²) in [4.78, 5) is 31.9. The summed E-state index contributed by atoms with van der Waals surface area (Å²) in [6, 6.07) is 14.9. The highest BCUT2D eigenvalue weighted by Crippen LogP contribution is 2.33. The lowest BCUT2D eigenvalue weighted by atomic mass is 9.88. The Bertz CT molecular complexity index is 1550. The van der Waals surface area contributed by atoms with Crippen LogP contribution in [0.5, 0.6) is 0 Å². The fourth-order valence-electron chi connectivity index (χ4n) is 5.38. The second-order valence-electron chi connectivity index (χ2n) is 10.6. The summed E-state index contributed by atoms with van der Waals surface area (Å²) in [7, 11) is 2.21. The van der Waals surface area contributed by atoms with Gasteiger partial charge in [0, 0.05) is 42.7 Å². The molecule has 0 aliphatic carbocycles. The van der Waals surface area contributed by atoms with E-state index in [0.717, 1.165) is 18.8 Å². The maximum atomic E-state index is 13.2. The van der Waals surface area contributed by atoms with Crippen LogP contribution >= 0.6 is 0 Å². The second-order valence-corrected chi connectivity index (χ2v) is 10.6. The van der Waals surface area contributed by atoms with Crippen molar-refractivity contribution in [3.05, 3.63) is 77.4 Å². The van der Waals surface area contributed by atoms with Crippen molar-refractivity contribution in [3.63, 3.8) is 0 Å². The number of fused-ring (bicyclic) bond motifs is 3. The summed E-state index contributed by atoms with van der Waals surface area (Å²) in [5, 5.41) is 14.1. The van der Waals surface area contributed by atoms with Crippen molar-refractivity contribution < 1.29 is 5.11 Å². The molecule has 10 nitrogen and oxygen atoms in total. The highest BCUT2D eigenvalue weighted by molar-refractivity contribution is 5.77. The molecule has 38 heavy (non-hydrogen) atoms. The van der Waals surface area contributed by atoms with Crippen molar-refractivity contribution in [3.8, 4) is 5.82 Å². The molecule has 4 aromatic rings. The number of benzene rings is 1. The van der Waals surface area contributed by atoms with E-state index >= 15 is 0 Å². The summed E-state index contributed by atoms with van der Waals surface area (Å²) in [6.07, 6.45) is 4.48. The van der Waals surface area contributed by atoms with E-state index in [1.54, 1.807) is 42.8 Å². The number of aromatic nitrogens is 5. The van der Waals surface area contributed by atoms with Crippen molar-refractivity contribution in [2.45, 2.75) is 44.5 Å². The molecule has 3 fully saturated rings. The number of piperidine rings is 1. The molecule has 6 heterocycles. The van der Waals surface area contributed by atoms with Gasteiger partial charge in [0.1, 0.15) is 11.0 Å². The quantitative estimate of drug-likeness (QED) is 0.364. The summed E-state index contributed by atoms with van der Waals surface area (Å²) in [5.74, 6) is 0.840. The van der Waals surface area contributed by atoms with Gasteiger partial charge in [-0.05, 0) is 63.7 Å². The van der Waals surface area contributed by atoms with E-state index in [1.807, 2.05) is 12.1 Å². The van der Waals surface area contributed by atoms with Gasteiger partial charge in [-0.15, -0.1) is 6.58 Å². The van der Waals surface area contributed by atoms with Crippen LogP contribution in [-0.4, -0.2) is 66.5 Å². The lowest BCUT2D eigenvalue weighted by molar-refractivity contribution is 0.0264. The molecule has 3 aromatic heterocycles. The van der Waals surface area contributed by atoms with Crippen LogP contribution in [0.4, 0.5) is 17.3 Å². The number of hydrogen-bond acceptors (Lipinski definition) is 8. The number of nitrogens with zero attached hydrogens (tertiary/aromatic N) is 7. The average molecular weight is 513 g/mol. The van der Waals surface area contributed by atoms with Crippen LogP contribution < -0.4 is 15.8 Å². The van der Waals surface area contributed by atoms with Gasteiger partial charge in [0.15, 0.2) is 11.5 Å². The molecular formula is C28H32N8O2. The molecule has 3 aliphatic rings. The summed E-state index contributed by atoms with van der Waals surface area (Å²) in [6.45, 7) is 9.52. The molecule has 3 aliphatic heterocycles. The summed E-state index contributed by atoms with van der Waals surface area (Å²) in [5.41, 5.74) is 1.59. The number of nitrogens with one attached hydrogen (secondary N) is 1. The standard InChI is InChI=1S/C28H32N8O2/c1-5-13-35-26(37)22-15-29-27(32-25(22)36(35)24-8-6-7-23(31-24)28(2,3)38)30-18-9-11-19(12-10-18)34-16-20-14-21(17-34)33(20)4/h5-12,15,20-21,38H,1,13-14,16-17H2,2-4H3,(H,29,30,32). The predicted molar refractivity (Wildman–Crippen MR) is 148 cm³/mol. The number of allylic oxidation sites excluding steroid dienone is 1. The zero-order chi connectivity index (χ0) is 26.6. The Balaban J connectivity index is 1.33. The van der Waals surface area contributed by atoms with Crippen molar-refractivity contribution in [1.82, 2.24) is 29.2 Å². The Kier molecular flexibility index (Phi) is 5.81. The Morgan fingerprint density at radius 3 is 2.53 bits per heavy atom. The number of pyridine rings is 1. The number of rotatable bonds is 7. The van der Waals surface area contributed by atoms with E-state index in [-0.39, 0.29) is 12.1 Å². The van der Waals surface area contributed by atoms with Crippen molar-refractivity contribution >= 4 is 28.4 Å². The van der Waals surface area contributed by atoms with Crippen molar-refractivity contribution in [2.75, 3.05) is 30.4 Å². The Hall–Kier alpha value is -4.02. The first-order chi connectivity index (χ1) is 18.2. The number of piperazine rings is 1. The average Bonchev–Trinajstić information content (AvgIpc) is 3.19. The summed E-state index contributed by atoms with van der Waals surface area (Å²) >= 11 is 0. The molecule has 7 rings (SSSR count). The van der Waals surface area contributed by atoms with E-state index < -0.39 is 5.60 Å². The molecule has 196 valence electrons. The van der Waals surface area contributed by atoms with Gasteiger partial charge in [0.25, 0.3) is 5.56 Å². The maximum absolute atomic E-state index is 13.2. The van der Waals surface area contributed by atoms with Gasteiger partial charge in [-0.1, -0.05) is 12.1 Å². The maximum Gasteiger partial charge on any atom is 0.278 e. The van der Waals surface area contributed by atoms with Gasteiger partial charge < -0.3 is 15.3 Å². The highest BCUT2D eigenvalue weighted by atomic mass is 16.3. The monoisotopic (exact) mass is 512 g/mol. The minimum Gasteiger partial charge on any atom is -0.384 e. The molecule has 0 radical (unpaired) electrons. The molecule has 2 atom stereocenters. The van der Waals surface area contributed by atoms with Crippen LogP contribution in [-0.2, 0) is 12.1 Å². The third-order valence-corrected chi connectivity index (χ3v) is 7.60. The smallest absolute Gasteiger partial charge is 0.278 e. The van der Waals surface area contributed by atoms with Crippen LogP contribution in [0.2, 0.25) is 0 Å². The fourth-order valence-corrected chi connectivity index (χ4v) is 5.38. The van der Waals surface area contributed by atoms with Crippen LogP contribution in [0.15, 0.2) is 66.1 Å². The number of anilines is 3. The first kappa shape index (κ1) is 24.3. The van der Waals surface area contributed by atoms with Crippen LogP contribution in [0.25, 0.3) is 16.9 Å². The third kappa shape index (κ3) is 4.15. The summed E-state index contributed by atoms with van der Waals surface area (Å²) < 4.78 is 3.17. The zero-order valence-corrected chi connectivity index (χ0v) is 21.9. The molecule has 1 aromatic carbocycles. The van der Waals surface area contributed by atoms with Gasteiger partial charge in [0.05, 0.1) is 12.2 Å². The molecule has 0 spiro atoms. The molecule has 2 unspecified atom stereocenters. The Morgan fingerprint density at radius 1 is 1.13 bits per heavy atom. The molecule has 10 heteroatoms. The van der Waals surface area contributed by atoms with E-state index in [1.165, 1.54) is 23.0 Å². The molecule has 3 saturated heterocycles. The number of aliphatic hydroxyl groups is 1. The SMILES string of the molecule is C=CCn1c(=O)c2cnc(Nc3ccc(N4CC5CC(C4)N5C)cc3)nc2n1-c1cccc(C(C)(C)O)n1. The minimum atomic E-state index is -1.14. The second kappa shape index (κ2) is 9.07. The van der Waals surface area contributed by atoms with E-state index in [0.29, 0.717) is 40.6 Å². The first-order valence-electron chi connectivity index (χ1n) is 12.9. The fraction of sp³-hybridized carbons (Fsp3) is 0.357. The lowest BCUT2D eigenvalue weighted by Crippen LogP contribution is -2.67. The van der Waals surface area contributed by atoms with Gasteiger partial charge in [-0.25, -0.2) is 19.3 Å². The van der Waals surface area contributed by atoms with E-state index in [2.05, 4.69) is 50.8 Å². The lowest BCUT2D eigenvalue weighted by Gasteiger charge is -2.55. The molecule has 0 saturated carbocycles. The highest BCUT2D eigenvalue weighted by Gasteiger charge is 2.42.